The van der Waals surface area contributed by atoms with Gasteiger partial charge in [0.05, 0.1) is 12.8 Å². The first-order valence-corrected chi connectivity index (χ1v) is 8.20. The minimum atomic E-state index is 0.692. The summed E-state index contributed by atoms with van der Waals surface area (Å²) in [5.74, 6) is 1.99. The van der Waals surface area contributed by atoms with Crippen LogP contribution in [-0.4, -0.2) is 17.6 Å². The zero-order valence-electron chi connectivity index (χ0n) is 12.2. The van der Waals surface area contributed by atoms with Crippen LogP contribution in [0, 0.1) is 0 Å². The first-order chi connectivity index (χ1) is 10.3. The molecule has 0 radical (unpaired) electrons. The lowest BCUT2D eigenvalue weighted by atomic mass is 10.2. The van der Waals surface area contributed by atoms with E-state index in [0.29, 0.717) is 6.04 Å². The second-order valence-corrected chi connectivity index (χ2v) is 6.30. The zero-order valence-corrected chi connectivity index (χ0v) is 13.8. The van der Waals surface area contributed by atoms with Crippen molar-refractivity contribution in [3.8, 4) is 0 Å². The lowest BCUT2D eigenvalue weighted by Crippen LogP contribution is -2.26. The predicted molar refractivity (Wildman–Crippen MR) is 87.2 cm³/mol. The Hall–Kier alpha value is -1.33. The van der Waals surface area contributed by atoms with E-state index in [4.69, 9.17) is 4.42 Å². The molecule has 0 amide bonds. The third-order valence-corrected chi connectivity index (χ3v) is 4.11. The molecular formula is C16H20BrN3O. The van der Waals surface area contributed by atoms with E-state index in [2.05, 4.69) is 44.1 Å². The summed E-state index contributed by atoms with van der Waals surface area (Å²) in [6.07, 6.45) is 6.16. The van der Waals surface area contributed by atoms with Crippen LogP contribution in [0.3, 0.4) is 0 Å². The summed E-state index contributed by atoms with van der Waals surface area (Å²) in [5.41, 5.74) is 1.23. The van der Waals surface area contributed by atoms with Gasteiger partial charge in [0.2, 0.25) is 0 Å². The smallest absolute Gasteiger partial charge is 0.133 e. The van der Waals surface area contributed by atoms with Gasteiger partial charge in [-0.15, -0.1) is 0 Å². The molecule has 2 heterocycles. The lowest BCUT2D eigenvalue weighted by Gasteiger charge is -2.24. The van der Waals surface area contributed by atoms with Gasteiger partial charge in [0, 0.05) is 35.4 Å². The number of hydrogen-bond acceptors (Lipinski definition) is 4. The summed E-state index contributed by atoms with van der Waals surface area (Å²) in [4.78, 5) is 6.87. The molecule has 1 saturated carbocycles. The maximum atomic E-state index is 5.46. The summed E-state index contributed by atoms with van der Waals surface area (Å²) < 4.78 is 6.49. The van der Waals surface area contributed by atoms with Crippen LogP contribution in [0.1, 0.15) is 31.1 Å². The molecule has 0 aromatic carbocycles. The van der Waals surface area contributed by atoms with Gasteiger partial charge in [-0.2, -0.15) is 0 Å². The van der Waals surface area contributed by atoms with Gasteiger partial charge in [-0.25, -0.2) is 4.98 Å². The van der Waals surface area contributed by atoms with Gasteiger partial charge in [-0.05, 0) is 53.9 Å². The molecule has 21 heavy (non-hydrogen) atoms. The third kappa shape index (κ3) is 3.86. The van der Waals surface area contributed by atoms with E-state index in [1.54, 1.807) is 6.26 Å². The highest BCUT2D eigenvalue weighted by Crippen LogP contribution is 2.25. The SMILES string of the molecule is CCN(Cc1ccco1)c1ncc(Br)cc1CNC1CC1. The van der Waals surface area contributed by atoms with Crippen molar-refractivity contribution in [2.24, 2.45) is 0 Å². The van der Waals surface area contributed by atoms with E-state index >= 15 is 0 Å². The van der Waals surface area contributed by atoms with Crippen LogP contribution in [0.2, 0.25) is 0 Å². The molecule has 0 aliphatic heterocycles. The Kier molecular flexibility index (Phi) is 4.60. The zero-order chi connectivity index (χ0) is 14.7. The molecule has 0 atom stereocenters. The highest BCUT2D eigenvalue weighted by atomic mass is 79.9. The predicted octanol–water partition coefficient (Wildman–Crippen LogP) is 3.72. The highest BCUT2D eigenvalue weighted by molar-refractivity contribution is 9.10. The van der Waals surface area contributed by atoms with Gasteiger partial charge < -0.3 is 14.6 Å². The average molecular weight is 350 g/mol. The Balaban J connectivity index is 1.79. The number of pyridine rings is 1. The molecule has 2 aromatic rings. The fourth-order valence-electron chi connectivity index (χ4n) is 2.36. The molecule has 1 aliphatic carbocycles. The van der Waals surface area contributed by atoms with Crippen LogP contribution in [0.5, 0.6) is 0 Å². The number of nitrogens with one attached hydrogen (secondary N) is 1. The topological polar surface area (TPSA) is 41.3 Å². The number of hydrogen-bond donors (Lipinski definition) is 1. The minimum Gasteiger partial charge on any atom is -0.467 e. The van der Waals surface area contributed by atoms with Crippen LogP contribution in [-0.2, 0) is 13.1 Å². The number of halogens is 1. The van der Waals surface area contributed by atoms with Gasteiger partial charge in [0.1, 0.15) is 11.6 Å². The molecule has 1 N–H and O–H groups in total. The van der Waals surface area contributed by atoms with Crippen LogP contribution < -0.4 is 10.2 Å². The van der Waals surface area contributed by atoms with E-state index in [1.807, 2.05) is 18.3 Å². The van der Waals surface area contributed by atoms with Crippen molar-refractivity contribution >= 4 is 21.7 Å². The standard InChI is InChI=1S/C16H20BrN3O/c1-2-20(11-15-4-3-7-21-15)16-12(8-13(17)10-19-16)9-18-14-5-6-14/h3-4,7-8,10,14,18H,2,5-6,9,11H2,1H3. The lowest BCUT2D eigenvalue weighted by molar-refractivity contribution is 0.502. The fourth-order valence-corrected chi connectivity index (χ4v) is 2.74. The van der Waals surface area contributed by atoms with Crippen molar-refractivity contribution in [2.75, 3.05) is 11.4 Å². The normalized spacial score (nSPS) is 14.4. The van der Waals surface area contributed by atoms with Crippen molar-refractivity contribution in [2.45, 2.75) is 38.9 Å². The van der Waals surface area contributed by atoms with Crippen molar-refractivity contribution in [3.63, 3.8) is 0 Å². The molecule has 0 unspecified atom stereocenters. The van der Waals surface area contributed by atoms with Crippen LogP contribution in [0.15, 0.2) is 39.5 Å². The Morgan fingerprint density at radius 2 is 2.33 bits per heavy atom. The van der Waals surface area contributed by atoms with Crippen molar-refractivity contribution in [1.82, 2.24) is 10.3 Å². The van der Waals surface area contributed by atoms with Gasteiger partial charge in [-0.1, -0.05) is 0 Å². The van der Waals surface area contributed by atoms with E-state index in [9.17, 15) is 0 Å². The molecule has 112 valence electrons. The molecule has 1 aliphatic rings. The second kappa shape index (κ2) is 6.62. The monoisotopic (exact) mass is 349 g/mol. The molecular weight excluding hydrogens is 330 g/mol. The minimum absolute atomic E-state index is 0.692. The molecule has 5 heteroatoms. The van der Waals surface area contributed by atoms with Gasteiger partial charge in [-0.3, -0.25) is 0 Å². The highest BCUT2D eigenvalue weighted by Gasteiger charge is 2.21. The van der Waals surface area contributed by atoms with E-state index in [-0.39, 0.29) is 0 Å². The number of rotatable bonds is 7. The number of anilines is 1. The van der Waals surface area contributed by atoms with Crippen molar-refractivity contribution < 1.29 is 4.42 Å². The number of nitrogens with zero attached hydrogens (tertiary/aromatic N) is 2. The van der Waals surface area contributed by atoms with E-state index < -0.39 is 0 Å². The van der Waals surface area contributed by atoms with Gasteiger partial charge in [0.25, 0.3) is 0 Å². The van der Waals surface area contributed by atoms with Crippen molar-refractivity contribution in [1.29, 1.82) is 0 Å². The molecule has 4 nitrogen and oxygen atoms in total. The van der Waals surface area contributed by atoms with Crippen LogP contribution >= 0.6 is 15.9 Å². The van der Waals surface area contributed by atoms with E-state index in [1.165, 1.54) is 18.4 Å². The quantitative estimate of drug-likeness (QED) is 0.827. The Morgan fingerprint density at radius 3 is 3.00 bits per heavy atom. The summed E-state index contributed by atoms with van der Waals surface area (Å²) in [6.45, 7) is 4.65. The van der Waals surface area contributed by atoms with Crippen LogP contribution in [0.4, 0.5) is 5.82 Å². The van der Waals surface area contributed by atoms with Crippen LogP contribution in [0.25, 0.3) is 0 Å². The number of aromatic nitrogens is 1. The second-order valence-electron chi connectivity index (χ2n) is 5.38. The molecule has 0 spiro atoms. The summed E-state index contributed by atoms with van der Waals surface area (Å²) in [5, 5.41) is 3.57. The first kappa shape index (κ1) is 14.6. The van der Waals surface area contributed by atoms with Gasteiger partial charge in [0.15, 0.2) is 0 Å². The molecule has 2 aromatic heterocycles. The molecule has 1 fully saturated rings. The van der Waals surface area contributed by atoms with E-state index in [0.717, 1.165) is 35.7 Å². The first-order valence-electron chi connectivity index (χ1n) is 7.41. The Bertz CT molecular complexity index is 581. The maximum absolute atomic E-state index is 5.46. The summed E-state index contributed by atoms with van der Waals surface area (Å²) >= 11 is 3.52. The summed E-state index contributed by atoms with van der Waals surface area (Å²) in [6, 6.07) is 6.77. The molecule has 3 rings (SSSR count). The van der Waals surface area contributed by atoms with Gasteiger partial charge >= 0.3 is 0 Å². The molecule has 0 bridgehead atoms. The Morgan fingerprint density at radius 1 is 1.48 bits per heavy atom. The molecule has 0 saturated heterocycles. The average Bonchev–Trinajstić information content (AvgIpc) is 3.18. The Labute approximate surface area is 133 Å². The largest absolute Gasteiger partial charge is 0.467 e. The summed E-state index contributed by atoms with van der Waals surface area (Å²) in [7, 11) is 0. The third-order valence-electron chi connectivity index (χ3n) is 3.68. The maximum Gasteiger partial charge on any atom is 0.133 e. The fraction of sp³-hybridized carbons (Fsp3) is 0.438. The number of furan rings is 1. The van der Waals surface area contributed by atoms with Crippen molar-refractivity contribution in [3.05, 3.63) is 46.5 Å².